The highest BCUT2D eigenvalue weighted by Crippen LogP contribution is 2.16. The van der Waals surface area contributed by atoms with Gasteiger partial charge in [0, 0.05) is 50.1 Å². The van der Waals surface area contributed by atoms with Crippen LogP contribution in [0.15, 0.2) is 54.6 Å². The largest absolute Gasteiger partial charge is 0.465 e. The second kappa shape index (κ2) is 9.93. The molecule has 0 saturated carbocycles. The standard InChI is InChI=1S/C22H28N4O3/c1-17(25-11-13-26(14-12-25)20-9-4-3-5-10-20)16-23-22(28)24-19-8-6-7-18(15-19)21(27)29-2/h3-10,15,17H,11-14,16H2,1-2H3,(H2,23,24,28)/t17-/m1/s1. The van der Waals surface area contributed by atoms with E-state index >= 15 is 0 Å². The number of rotatable bonds is 6. The number of urea groups is 1. The molecule has 7 nitrogen and oxygen atoms in total. The SMILES string of the molecule is COC(=O)c1cccc(NC(=O)NC[C@@H](C)N2CCN(c3ccccc3)CC2)c1. The van der Waals surface area contributed by atoms with Crippen LogP contribution in [0.4, 0.5) is 16.2 Å². The van der Waals surface area contributed by atoms with E-state index in [1.807, 2.05) is 6.07 Å². The molecule has 7 heteroatoms. The summed E-state index contributed by atoms with van der Waals surface area (Å²) in [6.45, 7) is 6.53. The predicted molar refractivity (Wildman–Crippen MR) is 114 cm³/mol. The van der Waals surface area contributed by atoms with Crippen LogP contribution in [0.1, 0.15) is 17.3 Å². The van der Waals surface area contributed by atoms with Crippen LogP contribution < -0.4 is 15.5 Å². The fraction of sp³-hybridized carbons (Fsp3) is 0.364. The fourth-order valence-corrected chi connectivity index (χ4v) is 3.45. The molecule has 3 rings (SSSR count). The molecule has 2 aromatic carbocycles. The monoisotopic (exact) mass is 396 g/mol. The van der Waals surface area contributed by atoms with Gasteiger partial charge < -0.3 is 20.3 Å². The van der Waals surface area contributed by atoms with Crippen LogP contribution in [0.3, 0.4) is 0 Å². The Morgan fingerprint density at radius 3 is 2.45 bits per heavy atom. The molecule has 0 bridgehead atoms. The summed E-state index contributed by atoms with van der Waals surface area (Å²) >= 11 is 0. The summed E-state index contributed by atoms with van der Waals surface area (Å²) in [6.07, 6.45) is 0. The summed E-state index contributed by atoms with van der Waals surface area (Å²) in [5.41, 5.74) is 2.20. The summed E-state index contributed by atoms with van der Waals surface area (Å²) in [7, 11) is 1.33. The molecule has 1 heterocycles. The average Bonchev–Trinajstić information content (AvgIpc) is 2.77. The lowest BCUT2D eigenvalue weighted by atomic mass is 10.2. The molecule has 2 N–H and O–H groups in total. The molecular formula is C22H28N4O3. The van der Waals surface area contributed by atoms with Gasteiger partial charge in [0.1, 0.15) is 0 Å². The van der Waals surface area contributed by atoms with Crippen molar-refractivity contribution in [1.29, 1.82) is 0 Å². The number of carbonyl (C=O) groups is 2. The Balaban J connectivity index is 1.43. The van der Waals surface area contributed by atoms with Crippen LogP contribution >= 0.6 is 0 Å². The van der Waals surface area contributed by atoms with E-state index in [-0.39, 0.29) is 12.1 Å². The summed E-state index contributed by atoms with van der Waals surface area (Å²) in [6, 6.07) is 17.1. The first-order valence-corrected chi connectivity index (χ1v) is 9.84. The van der Waals surface area contributed by atoms with Crippen LogP contribution in [0.5, 0.6) is 0 Å². The van der Waals surface area contributed by atoms with Gasteiger partial charge in [-0.3, -0.25) is 4.90 Å². The quantitative estimate of drug-likeness (QED) is 0.735. The smallest absolute Gasteiger partial charge is 0.337 e. The molecule has 1 saturated heterocycles. The molecule has 0 aromatic heterocycles. The minimum Gasteiger partial charge on any atom is -0.465 e. The molecule has 0 unspecified atom stereocenters. The molecule has 1 atom stereocenters. The van der Waals surface area contributed by atoms with Crippen molar-refractivity contribution in [3.05, 3.63) is 60.2 Å². The van der Waals surface area contributed by atoms with E-state index in [9.17, 15) is 9.59 Å². The van der Waals surface area contributed by atoms with E-state index < -0.39 is 5.97 Å². The lowest BCUT2D eigenvalue weighted by Gasteiger charge is -2.39. The second-order valence-corrected chi connectivity index (χ2v) is 7.11. The maximum Gasteiger partial charge on any atom is 0.337 e. The number of methoxy groups -OCH3 is 1. The maximum atomic E-state index is 12.2. The van der Waals surface area contributed by atoms with Crippen molar-refractivity contribution in [2.75, 3.05) is 50.1 Å². The van der Waals surface area contributed by atoms with Crippen molar-refractivity contribution >= 4 is 23.4 Å². The van der Waals surface area contributed by atoms with Gasteiger partial charge in [0.05, 0.1) is 12.7 Å². The second-order valence-electron chi connectivity index (χ2n) is 7.11. The molecule has 2 amide bonds. The van der Waals surface area contributed by atoms with E-state index in [4.69, 9.17) is 4.74 Å². The van der Waals surface area contributed by atoms with Gasteiger partial charge in [0.15, 0.2) is 0 Å². The van der Waals surface area contributed by atoms with Gasteiger partial charge in [-0.1, -0.05) is 24.3 Å². The third-order valence-corrected chi connectivity index (χ3v) is 5.16. The molecular weight excluding hydrogens is 368 g/mol. The van der Waals surface area contributed by atoms with Gasteiger partial charge in [-0.15, -0.1) is 0 Å². The van der Waals surface area contributed by atoms with Gasteiger partial charge in [0.2, 0.25) is 0 Å². The molecule has 0 radical (unpaired) electrons. The van der Waals surface area contributed by atoms with Crippen molar-refractivity contribution in [3.8, 4) is 0 Å². The minimum absolute atomic E-state index is 0.236. The molecule has 1 fully saturated rings. The topological polar surface area (TPSA) is 73.9 Å². The molecule has 154 valence electrons. The van der Waals surface area contributed by atoms with E-state index in [1.54, 1.807) is 24.3 Å². The molecule has 2 aromatic rings. The maximum absolute atomic E-state index is 12.2. The Morgan fingerprint density at radius 1 is 1.03 bits per heavy atom. The van der Waals surface area contributed by atoms with E-state index in [1.165, 1.54) is 12.8 Å². The predicted octanol–water partition coefficient (Wildman–Crippen LogP) is 2.81. The molecule has 0 aliphatic carbocycles. The minimum atomic E-state index is -0.433. The Bertz CT molecular complexity index is 820. The van der Waals surface area contributed by atoms with Gasteiger partial charge in [-0.05, 0) is 37.3 Å². The van der Waals surface area contributed by atoms with Gasteiger partial charge in [-0.2, -0.15) is 0 Å². The van der Waals surface area contributed by atoms with Crippen molar-refractivity contribution in [1.82, 2.24) is 10.2 Å². The number of ether oxygens (including phenoxy) is 1. The molecule has 0 spiro atoms. The average molecular weight is 396 g/mol. The normalized spacial score (nSPS) is 15.4. The zero-order chi connectivity index (χ0) is 20.6. The first kappa shape index (κ1) is 20.7. The molecule has 1 aliphatic rings. The zero-order valence-electron chi connectivity index (χ0n) is 16.9. The highest BCUT2D eigenvalue weighted by atomic mass is 16.5. The number of benzene rings is 2. The van der Waals surface area contributed by atoms with Gasteiger partial charge in [-0.25, -0.2) is 9.59 Å². The number of nitrogens with one attached hydrogen (secondary N) is 2. The number of piperazine rings is 1. The Labute approximate surface area is 171 Å². The van der Waals surface area contributed by atoms with Crippen molar-refractivity contribution in [3.63, 3.8) is 0 Å². The number of carbonyl (C=O) groups excluding carboxylic acids is 2. The van der Waals surface area contributed by atoms with Crippen molar-refractivity contribution in [2.45, 2.75) is 13.0 Å². The van der Waals surface area contributed by atoms with Crippen LogP contribution in [-0.2, 0) is 4.74 Å². The highest BCUT2D eigenvalue weighted by molar-refractivity contribution is 5.93. The number of amides is 2. The van der Waals surface area contributed by atoms with Crippen LogP contribution in [0.2, 0.25) is 0 Å². The number of nitrogens with zero attached hydrogens (tertiary/aromatic N) is 2. The Morgan fingerprint density at radius 2 is 1.76 bits per heavy atom. The summed E-state index contributed by atoms with van der Waals surface area (Å²) in [5.74, 6) is -0.433. The summed E-state index contributed by atoms with van der Waals surface area (Å²) in [4.78, 5) is 28.6. The van der Waals surface area contributed by atoms with E-state index in [0.29, 0.717) is 17.8 Å². The van der Waals surface area contributed by atoms with Crippen LogP contribution in [0.25, 0.3) is 0 Å². The number of hydrogen-bond donors (Lipinski definition) is 2. The van der Waals surface area contributed by atoms with E-state index in [0.717, 1.165) is 26.2 Å². The van der Waals surface area contributed by atoms with Crippen molar-refractivity contribution < 1.29 is 14.3 Å². The highest BCUT2D eigenvalue weighted by Gasteiger charge is 2.21. The lowest BCUT2D eigenvalue weighted by molar-refractivity contribution is 0.0600. The van der Waals surface area contributed by atoms with Crippen LogP contribution in [0, 0.1) is 0 Å². The summed E-state index contributed by atoms with van der Waals surface area (Å²) in [5, 5.41) is 5.68. The number of anilines is 2. The molecule has 29 heavy (non-hydrogen) atoms. The fourth-order valence-electron chi connectivity index (χ4n) is 3.45. The summed E-state index contributed by atoms with van der Waals surface area (Å²) < 4.78 is 4.70. The Hall–Kier alpha value is -3.06. The third kappa shape index (κ3) is 5.71. The lowest BCUT2D eigenvalue weighted by Crippen LogP contribution is -2.52. The third-order valence-electron chi connectivity index (χ3n) is 5.16. The van der Waals surface area contributed by atoms with Crippen LogP contribution in [-0.4, -0.2) is 62.8 Å². The number of esters is 1. The zero-order valence-corrected chi connectivity index (χ0v) is 16.9. The van der Waals surface area contributed by atoms with Gasteiger partial charge in [0.25, 0.3) is 0 Å². The molecule has 1 aliphatic heterocycles. The first-order valence-electron chi connectivity index (χ1n) is 9.84. The number of hydrogen-bond acceptors (Lipinski definition) is 5. The van der Waals surface area contributed by atoms with Crippen molar-refractivity contribution in [2.24, 2.45) is 0 Å². The number of para-hydroxylation sites is 1. The first-order chi connectivity index (χ1) is 14.1. The van der Waals surface area contributed by atoms with Gasteiger partial charge >= 0.3 is 12.0 Å². The van der Waals surface area contributed by atoms with E-state index in [2.05, 4.69) is 51.6 Å². The Kier molecular flexibility index (Phi) is 7.08.